The first-order chi connectivity index (χ1) is 14.0. The molecule has 196 valence electrons. The molecule has 1 amide bonds. The Labute approximate surface area is 168 Å². The number of likely N-dealkylation sites (N-methyl/N-ethyl adjacent to an activating group) is 1. The summed E-state index contributed by atoms with van der Waals surface area (Å²) in [6, 6.07) is -5.93. The minimum absolute atomic E-state index is 0.119. The molecule has 4 nitrogen and oxygen atoms in total. The molecular weight excluding hydrogens is 529 g/mol. The number of carboxylic acids is 1. The molecule has 0 heterocycles. The second kappa shape index (κ2) is 7.91. The fourth-order valence-corrected chi connectivity index (χ4v) is 1.86. The molecule has 0 saturated carbocycles. The van der Waals surface area contributed by atoms with E-state index in [9.17, 15) is 84.2 Å². The first-order valence-corrected chi connectivity index (χ1v) is 7.32. The van der Waals surface area contributed by atoms with Crippen LogP contribution in [0.4, 0.5) is 74.6 Å². The van der Waals surface area contributed by atoms with Gasteiger partial charge in [0.05, 0.1) is 0 Å². The largest absolute Gasteiger partial charge is 0.475 e. The van der Waals surface area contributed by atoms with E-state index in [1.165, 1.54) is 0 Å². The van der Waals surface area contributed by atoms with Crippen molar-refractivity contribution in [3.05, 3.63) is 0 Å². The van der Waals surface area contributed by atoms with Crippen LogP contribution < -0.4 is 0 Å². The number of hydrogen-bond acceptors (Lipinski definition) is 2. The van der Waals surface area contributed by atoms with Gasteiger partial charge in [0.2, 0.25) is 0 Å². The summed E-state index contributed by atoms with van der Waals surface area (Å²) in [4.78, 5) is 19.4. The van der Waals surface area contributed by atoms with Crippen LogP contribution in [-0.4, -0.2) is 76.2 Å². The quantitative estimate of drug-likeness (QED) is 0.338. The SMILES string of the molecule is CCN(C(=O)C(F)(F)C(F)(F)C(F)(F)C(F)(F)C(F)(F)C(F)(F)C(F)(F)F)C(F)(F)C(=O)O. The Balaban J connectivity index is 6.83. The zero-order valence-electron chi connectivity index (χ0n) is 14.8. The molecule has 0 rings (SSSR count). The van der Waals surface area contributed by atoms with Gasteiger partial charge in [-0.05, 0) is 6.92 Å². The van der Waals surface area contributed by atoms with E-state index in [1.54, 1.807) is 0 Å². The average molecular weight is 535 g/mol. The van der Waals surface area contributed by atoms with E-state index in [1.807, 2.05) is 0 Å². The zero-order chi connectivity index (χ0) is 27.4. The van der Waals surface area contributed by atoms with Crippen LogP contribution in [0.5, 0.6) is 0 Å². The number of carbonyl (C=O) groups excluding carboxylic acids is 1. The van der Waals surface area contributed by atoms with Crippen LogP contribution in [0.1, 0.15) is 6.92 Å². The van der Waals surface area contributed by atoms with Crippen molar-refractivity contribution in [1.82, 2.24) is 4.90 Å². The molecular formula is C12H6F17NO3. The molecule has 1 N–H and O–H groups in total. The summed E-state index contributed by atoms with van der Waals surface area (Å²) in [5, 5.41) is 8.09. The lowest BCUT2D eigenvalue weighted by Crippen LogP contribution is -2.74. The molecule has 0 atom stereocenters. The third-order valence-electron chi connectivity index (χ3n) is 3.75. The molecule has 33 heavy (non-hydrogen) atoms. The smallest absolute Gasteiger partial charge is 0.460 e. The van der Waals surface area contributed by atoms with Gasteiger partial charge in [-0.1, -0.05) is 0 Å². The van der Waals surface area contributed by atoms with Crippen LogP contribution in [0.25, 0.3) is 0 Å². The lowest BCUT2D eigenvalue weighted by molar-refractivity contribution is -0.450. The summed E-state index contributed by atoms with van der Waals surface area (Å²) in [5.41, 5.74) is 0. The van der Waals surface area contributed by atoms with Crippen molar-refractivity contribution in [2.75, 3.05) is 6.54 Å². The Morgan fingerprint density at radius 3 is 1.18 bits per heavy atom. The van der Waals surface area contributed by atoms with Crippen LogP contribution in [-0.2, 0) is 9.59 Å². The molecule has 0 saturated heterocycles. The van der Waals surface area contributed by atoms with Gasteiger partial charge in [-0.2, -0.15) is 74.6 Å². The highest BCUT2D eigenvalue weighted by molar-refractivity contribution is 5.89. The molecule has 0 aromatic carbocycles. The van der Waals surface area contributed by atoms with Gasteiger partial charge in [0, 0.05) is 6.54 Å². The molecule has 0 aromatic rings. The van der Waals surface area contributed by atoms with Crippen molar-refractivity contribution in [2.45, 2.75) is 54.7 Å². The number of rotatable bonds is 9. The molecule has 0 fully saturated rings. The van der Waals surface area contributed by atoms with E-state index in [2.05, 4.69) is 0 Å². The Hall–Kier alpha value is -2.25. The van der Waals surface area contributed by atoms with Crippen LogP contribution >= 0.6 is 0 Å². The predicted octanol–water partition coefficient (Wildman–Crippen LogP) is 4.89. The minimum atomic E-state index is -8.72. The third-order valence-corrected chi connectivity index (χ3v) is 3.75. The molecule has 0 aliphatic heterocycles. The van der Waals surface area contributed by atoms with Gasteiger partial charge >= 0.3 is 59.6 Å². The Bertz CT molecular complexity index is 772. The van der Waals surface area contributed by atoms with Crippen molar-refractivity contribution in [2.24, 2.45) is 0 Å². The number of carboxylic acid groups (broad SMARTS) is 1. The number of halogens is 17. The van der Waals surface area contributed by atoms with Gasteiger partial charge in [0.25, 0.3) is 0 Å². The number of alkyl halides is 17. The molecule has 0 aliphatic carbocycles. The van der Waals surface area contributed by atoms with Gasteiger partial charge in [-0.15, -0.1) is 0 Å². The Morgan fingerprint density at radius 2 is 0.909 bits per heavy atom. The maximum absolute atomic E-state index is 13.6. The van der Waals surface area contributed by atoms with Gasteiger partial charge in [0.1, 0.15) is 0 Å². The monoisotopic (exact) mass is 535 g/mol. The maximum Gasteiger partial charge on any atom is 0.460 e. The summed E-state index contributed by atoms with van der Waals surface area (Å²) < 4.78 is 221. The zero-order valence-corrected chi connectivity index (χ0v) is 14.8. The van der Waals surface area contributed by atoms with E-state index in [-0.39, 0.29) is 6.92 Å². The first kappa shape index (κ1) is 30.8. The normalized spacial score (nSPS) is 15.5. The van der Waals surface area contributed by atoms with Crippen LogP contribution in [0.2, 0.25) is 0 Å². The molecule has 0 unspecified atom stereocenters. The predicted molar refractivity (Wildman–Crippen MR) is 65.7 cm³/mol. The summed E-state index contributed by atoms with van der Waals surface area (Å²) in [6.07, 6.45) is -7.84. The fraction of sp³-hybridized carbons (Fsp3) is 0.833. The summed E-state index contributed by atoms with van der Waals surface area (Å²) in [6.45, 7) is -1.94. The van der Waals surface area contributed by atoms with E-state index in [0.717, 1.165) is 0 Å². The van der Waals surface area contributed by atoms with Crippen LogP contribution in [0, 0.1) is 0 Å². The number of hydrogen-bond donors (Lipinski definition) is 1. The van der Waals surface area contributed by atoms with E-state index >= 15 is 0 Å². The van der Waals surface area contributed by atoms with Gasteiger partial charge < -0.3 is 5.11 Å². The Kier molecular flexibility index (Phi) is 7.37. The van der Waals surface area contributed by atoms with Crippen molar-refractivity contribution in [3.63, 3.8) is 0 Å². The van der Waals surface area contributed by atoms with Crippen molar-refractivity contribution < 1.29 is 89.3 Å². The van der Waals surface area contributed by atoms with Crippen LogP contribution in [0.15, 0.2) is 0 Å². The minimum Gasteiger partial charge on any atom is -0.475 e. The maximum atomic E-state index is 13.6. The topological polar surface area (TPSA) is 57.6 Å². The standard InChI is InChI=1S/C12H6F17NO3/c1-2-30(6(15,16)4(32)33)3(31)5(13,14)7(17,18)8(19,20)9(21,22)10(23,24)11(25,26)12(27,28)29/h2H2,1H3,(H,32,33). The van der Waals surface area contributed by atoms with Crippen molar-refractivity contribution >= 4 is 11.9 Å². The summed E-state index contributed by atoms with van der Waals surface area (Å²) in [5.74, 6) is -58.3. The molecule has 0 bridgehead atoms. The highest BCUT2D eigenvalue weighted by atomic mass is 19.4. The molecule has 0 aromatic heterocycles. The van der Waals surface area contributed by atoms with Gasteiger partial charge in [-0.3, -0.25) is 9.69 Å². The van der Waals surface area contributed by atoms with Gasteiger partial charge in [0.15, 0.2) is 0 Å². The van der Waals surface area contributed by atoms with Crippen LogP contribution in [0.3, 0.4) is 0 Å². The number of aliphatic carboxylic acids is 1. The third kappa shape index (κ3) is 3.99. The second-order valence-electron chi connectivity index (χ2n) is 5.84. The fourth-order valence-electron chi connectivity index (χ4n) is 1.86. The van der Waals surface area contributed by atoms with Gasteiger partial charge in [-0.25, -0.2) is 4.79 Å². The number of amides is 1. The molecule has 21 heteroatoms. The molecule has 0 radical (unpaired) electrons. The highest BCUT2D eigenvalue weighted by Gasteiger charge is 2.94. The van der Waals surface area contributed by atoms with E-state index in [0.29, 0.717) is 0 Å². The lowest BCUT2D eigenvalue weighted by atomic mass is 9.90. The summed E-state index contributed by atoms with van der Waals surface area (Å²) >= 11 is 0. The van der Waals surface area contributed by atoms with E-state index in [4.69, 9.17) is 5.11 Å². The molecule has 0 spiro atoms. The average Bonchev–Trinajstić information content (AvgIpc) is 2.59. The summed E-state index contributed by atoms with van der Waals surface area (Å²) in [7, 11) is 0. The lowest BCUT2D eigenvalue weighted by Gasteiger charge is -2.42. The Morgan fingerprint density at radius 1 is 0.606 bits per heavy atom. The first-order valence-electron chi connectivity index (χ1n) is 7.32. The molecule has 0 aliphatic rings. The van der Waals surface area contributed by atoms with Crippen molar-refractivity contribution in [1.29, 1.82) is 0 Å². The highest BCUT2D eigenvalue weighted by Crippen LogP contribution is 2.62. The number of carbonyl (C=O) groups is 2. The van der Waals surface area contributed by atoms with Crippen molar-refractivity contribution in [3.8, 4) is 0 Å². The number of nitrogens with zero attached hydrogens (tertiary/aromatic N) is 1. The second-order valence-corrected chi connectivity index (χ2v) is 5.84. The van der Waals surface area contributed by atoms with E-state index < -0.39 is 71.1 Å².